The van der Waals surface area contributed by atoms with Crippen molar-refractivity contribution < 1.29 is 4.79 Å². The monoisotopic (exact) mass is 191 g/mol. The minimum atomic E-state index is 0.572. The topological polar surface area (TPSA) is 43.1 Å². The third-order valence-electron chi connectivity index (χ3n) is 2.22. The first-order chi connectivity index (χ1) is 6.24. The summed E-state index contributed by atoms with van der Waals surface area (Å²) in [6.45, 7) is 1.93. The van der Waals surface area contributed by atoms with Crippen LogP contribution in [0.1, 0.15) is 15.9 Å². The third-order valence-corrected chi connectivity index (χ3v) is 3.08. The molecule has 0 bridgehead atoms. The molecule has 2 aromatic rings. The number of aryl methyl sites for hydroxylation is 1. The Bertz CT molecular complexity index is 473. The van der Waals surface area contributed by atoms with Crippen LogP contribution >= 0.6 is 11.3 Å². The predicted octanol–water partition coefficient (Wildman–Crippen LogP) is 2.60. The second-order valence-electron chi connectivity index (χ2n) is 2.95. The molecule has 0 aliphatic rings. The lowest BCUT2D eigenvalue weighted by Crippen LogP contribution is -1.95. The van der Waals surface area contributed by atoms with Crippen molar-refractivity contribution in [3.63, 3.8) is 0 Å². The minimum Gasteiger partial charge on any atom is -0.398 e. The Hall–Kier alpha value is -1.35. The molecule has 0 aliphatic heterocycles. The molecule has 13 heavy (non-hydrogen) atoms. The molecule has 0 saturated carbocycles. The number of rotatable bonds is 1. The van der Waals surface area contributed by atoms with E-state index in [9.17, 15) is 4.79 Å². The molecule has 2 nitrogen and oxygen atoms in total. The zero-order valence-corrected chi connectivity index (χ0v) is 8.02. The predicted molar refractivity (Wildman–Crippen MR) is 56.4 cm³/mol. The summed E-state index contributed by atoms with van der Waals surface area (Å²) in [5.41, 5.74) is 7.90. The summed E-state index contributed by atoms with van der Waals surface area (Å²) in [6, 6.07) is 3.87. The van der Waals surface area contributed by atoms with Crippen LogP contribution in [0.3, 0.4) is 0 Å². The van der Waals surface area contributed by atoms with Crippen LogP contribution in [0.15, 0.2) is 17.5 Å². The SMILES string of the molecule is Cc1c(C=O)c(N)cc2sccc12. The van der Waals surface area contributed by atoms with Crippen LogP contribution in [0.25, 0.3) is 10.1 Å². The summed E-state index contributed by atoms with van der Waals surface area (Å²) in [7, 11) is 0. The number of nitrogen functional groups attached to an aromatic ring is 1. The maximum atomic E-state index is 10.7. The van der Waals surface area contributed by atoms with Crippen molar-refractivity contribution in [2.24, 2.45) is 0 Å². The number of hydrogen-bond donors (Lipinski definition) is 1. The number of carbonyl (C=O) groups is 1. The van der Waals surface area contributed by atoms with Crippen LogP contribution in [-0.2, 0) is 0 Å². The molecule has 0 saturated heterocycles. The average Bonchev–Trinajstić information content (AvgIpc) is 2.53. The van der Waals surface area contributed by atoms with Crippen LogP contribution in [0.5, 0.6) is 0 Å². The molecule has 1 aromatic carbocycles. The Morgan fingerprint density at radius 1 is 1.54 bits per heavy atom. The largest absolute Gasteiger partial charge is 0.398 e. The quantitative estimate of drug-likeness (QED) is 0.556. The van der Waals surface area contributed by atoms with Crippen molar-refractivity contribution in [3.8, 4) is 0 Å². The van der Waals surface area contributed by atoms with Gasteiger partial charge in [0.25, 0.3) is 0 Å². The van der Waals surface area contributed by atoms with Gasteiger partial charge in [0, 0.05) is 16.0 Å². The van der Waals surface area contributed by atoms with Crippen molar-refractivity contribution >= 4 is 33.4 Å². The van der Waals surface area contributed by atoms with Crippen molar-refractivity contribution in [3.05, 3.63) is 28.6 Å². The number of carbonyl (C=O) groups excluding carboxylic acids is 1. The van der Waals surface area contributed by atoms with Crippen LogP contribution in [0.4, 0.5) is 5.69 Å². The molecule has 0 aliphatic carbocycles. The van der Waals surface area contributed by atoms with E-state index in [0.717, 1.165) is 21.9 Å². The second kappa shape index (κ2) is 2.85. The average molecular weight is 191 g/mol. The Morgan fingerprint density at radius 3 is 3.00 bits per heavy atom. The molecule has 0 atom stereocenters. The van der Waals surface area contributed by atoms with E-state index in [1.165, 1.54) is 0 Å². The zero-order chi connectivity index (χ0) is 9.42. The summed E-state index contributed by atoms with van der Waals surface area (Å²) >= 11 is 1.64. The van der Waals surface area contributed by atoms with E-state index >= 15 is 0 Å². The van der Waals surface area contributed by atoms with Crippen LogP contribution in [0.2, 0.25) is 0 Å². The van der Waals surface area contributed by atoms with Gasteiger partial charge in [-0.3, -0.25) is 4.79 Å². The molecular formula is C10H9NOS. The first kappa shape index (κ1) is 8.26. The number of aldehydes is 1. The maximum Gasteiger partial charge on any atom is 0.152 e. The Morgan fingerprint density at radius 2 is 2.31 bits per heavy atom. The summed E-state index contributed by atoms with van der Waals surface area (Å²) < 4.78 is 1.14. The summed E-state index contributed by atoms with van der Waals surface area (Å²) in [5, 5.41) is 3.13. The van der Waals surface area contributed by atoms with Gasteiger partial charge in [0.15, 0.2) is 6.29 Å². The molecule has 3 heteroatoms. The molecule has 0 spiro atoms. The molecular weight excluding hydrogens is 182 g/mol. The molecule has 2 N–H and O–H groups in total. The van der Waals surface area contributed by atoms with E-state index in [0.29, 0.717) is 11.3 Å². The van der Waals surface area contributed by atoms with Gasteiger partial charge in [0.1, 0.15) is 0 Å². The van der Waals surface area contributed by atoms with E-state index in [4.69, 9.17) is 5.73 Å². The Kier molecular flexibility index (Phi) is 1.81. The van der Waals surface area contributed by atoms with Gasteiger partial charge in [0.2, 0.25) is 0 Å². The molecule has 2 rings (SSSR count). The molecule has 1 aromatic heterocycles. The first-order valence-corrected chi connectivity index (χ1v) is 4.83. The highest BCUT2D eigenvalue weighted by atomic mass is 32.1. The Labute approximate surface area is 80.0 Å². The number of anilines is 1. The van der Waals surface area contributed by atoms with E-state index in [2.05, 4.69) is 0 Å². The lowest BCUT2D eigenvalue weighted by Gasteiger charge is -2.03. The molecule has 0 amide bonds. The normalized spacial score (nSPS) is 10.5. The maximum absolute atomic E-state index is 10.7. The van der Waals surface area contributed by atoms with E-state index in [1.807, 2.05) is 24.4 Å². The first-order valence-electron chi connectivity index (χ1n) is 3.95. The molecule has 66 valence electrons. The van der Waals surface area contributed by atoms with Gasteiger partial charge in [-0.25, -0.2) is 0 Å². The molecule has 0 radical (unpaired) electrons. The highest BCUT2D eigenvalue weighted by Gasteiger charge is 2.07. The van der Waals surface area contributed by atoms with Gasteiger partial charge >= 0.3 is 0 Å². The highest BCUT2D eigenvalue weighted by molar-refractivity contribution is 7.17. The summed E-state index contributed by atoms with van der Waals surface area (Å²) in [6.07, 6.45) is 0.821. The fraction of sp³-hybridized carbons (Fsp3) is 0.100. The number of benzene rings is 1. The van der Waals surface area contributed by atoms with Gasteiger partial charge in [-0.1, -0.05) is 0 Å². The molecule has 0 unspecified atom stereocenters. The highest BCUT2D eigenvalue weighted by Crippen LogP contribution is 2.29. The van der Waals surface area contributed by atoms with Gasteiger partial charge < -0.3 is 5.73 Å². The van der Waals surface area contributed by atoms with E-state index < -0.39 is 0 Å². The summed E-state index contributed by atoms with van der Waals surface area (Å²) in [4.78, 5) is 10.7. The standard InChI is InChI=1S/C10H9NOS/c1-6-7-2-3-13-10(7)4-9(11)8(6)5-12/h2-5H,11H2,1H3. The summed E-state index contributed by atoms with van der Waals surface area (Å²) in [5.74, 6) is 0. The van der Waals surface area contributed by atoms with Gasteiger partial charge in [-0.2, -0.15) is 0 Å². The number of fused-ring (bicyclic) bond motifs is 1. The number of hydrogen-bond acceptors (Lipinski definition) is 3. The third kappa shape index (κ3) is 1.12. The fourth-order valence-electron chi connectivity index (χ4n) is 1.48. The van der Waals surface area contributed by atoms with Crippen molar-refractivity contribution in [2.45, 2.75) is 6.92 Å². The fourth-order valence-corrected chi connectivity index (χ4v) is 2.37. The van der Waals surface area contributed by atoms with Gasteiger partial charge in [0.05, 0.1) is 0 Å². The van der Waals surface area contributed by atoms with Crippen molar-refractivity contribution in [1.29, 1.82) is 0 Å². The number of thiophene rings is 1. The Balaban J connectivity index is 2.92. The number of nitrogens with two attached hydrogens (primary N) is 1. The van der Waals surface area contributed by atoms with Gasteiger partial charge in [-0.05, 0) is 35.4 Å². The van der Waals surface area contributed by atoms with Gasteiger partial charge in [-0.15, -0.1) is 11.3 Å². The smallest absolute Gasteiger partial charge is 0.152 e. The lowest BCUT2D eigenvalue weighted by molar-refractivity contribution is 0.112. The zero-order valence-electron chi connectivity index (χ0n) is 7.20. The minimum absolute atomic E-state index is 0.572. The van der Waals surface area contributed by atoms with Crippen LogP contribution < -0.4 is 5.73 Å². The molecule has 0 fully saturated rings. The van der Waals surface area contributed by atoms with E-state index in [-0.39, 0.29) is 0 Å². The van der Waals surface area contributed by atoms with E-state index in [1.54, 1.807) is 11.3 Å². The van der Waals surface area contributed by atoms with Crippen molar-refractivity contribution in [1.82, 2.24) is 0 Å². The lowest BCUT2D eigenvalue weighted by atomic mass is 10.0. The molecule has 1 heterocycles. The second-order valence-corrected chi connectivity index (χ2v) is 3.90. The van der Waals surface area contributed by atoms with Crippen molar-refractivity contribution in [2.75, 3.05) is 5.73 Å². The van der Waals surface area contributed by atoms with Crippen LogP contribution in [-0.4, -0.2) is 6.29 Å². The van der Waals surface area contributed by atoms with Crippen LogP contribution in [0, 0.1) is 6.92 Å².